The second-order valence-electron chi connectivity index (χ2n) is 8.43. The summed E-state index contributed by atoms with van der Waals surface area (Å²) in [5, 5.41) is 4.77. The Kier molecular flexibility index (Phi) is 5.68. The minimum absolute atomic E-state index is 0.185. The number of aromatic nitrogens is 2. The molecule has 1 aromatic carbocycles. The molecule has 5 rings (SSSR count). The van der Waals surface area contributed by atoms with Crippen LogP contribution in [0.1, 0.15) is 34.9 Å². The minimum atomic E-state index is -3.33. The first-order valence-corrected chi connectivity index (χ1v) is 13.9. The Balaban J connectivity index is 1.63. The van der Waals surface area contributed by atoms with Gasteiger partial charge in [-0.2, -0.15) is 5.10 Å². The number of hydrogen-bond donors (Lipinski definition) is 0. The second kappa shape index (κ2) is 8.36. The number of carbonyl (C=O) groups excluding carboxylic acids is 1. The van der Waals surface area contributed by atoms with Gasteiger partial charge >= 0.3 is 0 Å². The Morgan fingerprint density at radius 1 is 1.19 bits per heavy atom. The molecular formula is C21H26N4O5S2. The third-order valence-corrected chi connectivity index (χ3v) is 9.01. The van der Waals surface area contributed by atoms with Gasteiger partial charge in [0, 0.05) is 42.2 Å². The number of rotatable bonds is 3. The summed E-state index contributed by atoms with van der Waals surface area (Å²) in [7, 11) is -4.61. The summed E-state index contributed by atoms with van der Waals surface area (Å²) in [6, 6.07) is 7.30. The van der Waals surface area contributed by atoms with Crippen molar-refractivity contribution in [3.8, 4) is 11.3 Å². The van der Waals surface area contributed by atoms with Crippen molar-refractivity contribution in [1.29, 1.82) is 0 Å². The lowest BCUT2D eigenvalue weighted by Crippen LogP contribution is -2.41. The Hall–Kier alpha value is -2.08. The lowest BCUT2D eigenvalue weighted by Gasteiger charge is -2.32. The second-order valence-corrected chi connectivity index (χ2v) is 11.8. The van der Waals surface area contributed by atoms with Gasteiger partial charge in [0.25, 0.3) is 5.91 Å². The van der Waals surface area contributed by atoms with Gasteiger partial charge in [0.1, 0.15) is 0 Å². The van der Waals surface area contributed by atoms with Crippen molar-refractivity contribution in [2.45, 2.75) is 29.5 Å². The fraction of sp³-hybridized carbons (Fsp3) is 0.524. The van der Waals surface area contributed by atoms with Gasteiger partial charge in [0.2, 0.25) is 10.0 Å². The van der Waals surface area contributed by atoms with Crippen LogP contribution in [-0.2, 0) is 31.3 Å². The average molecular weight is 479 g/mol. The summed E-state index contributed by atoms with van der Waals surface area (Å²) in [5.74, 6) is 0.0377. The summed E-state index contributed by atoms with van der Waals surface area (Å²) in [4.78, 5) is 15.8. The van der Waals surface area contributed by atoms with Crippen LogP contribution in [0, 0.1) is 0 Å². The molecule has 3 aliphatic rings. The van der Waals surface area contributed by atoms with Crippen LogP contribution < -0.4 is 0 Å². The summed E-state index contributed by atoms with van der Waals surface area (Å²) < 4.78 is 46.1. The molecule has 0 bridgehead atoms. The van der Waals surface area contributed by atoms with E-state index in [9.17, 15) is 17.4 Å². The topological polar surface area (TPSA) is 102 Å². The molecule has 11 heteroatoms. The number of benzene rings is 1. The number of sulfonamides is 1. The summed E-state index contributed by atoms with van der Waals surface area (Å²) in [6.45, 7) is 2.74. The Morgan fingerprint density at radius 2 is 1.94 bits per heavy atom. The van der Waals surface area contributed by atoms with Gasteiger partial charge in [-0.15, -0.1) is 0 Å². The number of ether oxygens (including phenoxy) is 1. The number of carbonyl (C=O) groups is 1. The van der Waals surface area contributed by atoms with E-state index in [0.29, 0.717) is 57.1 Å². The van der Waals surface area contributed by atoms with Crippen molar-refractivity contribution in [3.63, 3.8) is 0 Å². The van der Waals surface area contributed by atoms with Crippen LogP contribution in [0.3, 0.4) is 0 Å². The molecule has 9 nitrogen and oxygen atoms in total. The maximum Gasteiger partial charge on any atom is 0.274 e. The van der Waals surface area contributed by atoms with Gasteiger partial charge in [0.15, 0.2) is 5.69 Å². The molecule has 32 heavy (non-hydrogen) atoms. The molecule has 2 saturated heterocycles. The Bertz CT molecular complexity index is 1190. The number of fused-ring (bicyclic) bond motifs is 3. The largest absolute Gasteiger partial charge is 0.378 e. The minimum Gasteiger partial charge on any atom is -0.378 e. The van der Waals surface area contributed by atoms with Crippen LogP contribution in [0.4, 0.5) is 0 Å². The lowest BCUT2D eigenvalue weighted by molar-refractivity contribution is 0.0297. The van der Waals surface area contributed by atoms with Crippen LogP contribution in [0.25, 0.3) is 11.3 Å². The quantitative estimate of drug-likeness (QED) is 0.658. The highest BCUT2D eigenvalue weighted by Gasteiger charge is 2.37. The van der Waals surface area contributed by atoms with E-state index in [1.54, 1.807) is 4.90 Å². The smallest absolute Gasteiger partial charge is 0.274 e. The molecule has 0 aliphatic carbocycles. The van der Waals surface area contributed by atoms with Gasteiger partial charge in [-0.05, 0) is 18.9 Å². The van der Waals surface area contributed by atoms with Crippen molar-refractivity contribution >= 4 is 26.7 Å². The van der Waals surface area contributed by atoms with Crippen LogP contribution >= 0.6 is 0 Å². The molecule has 0 saturated carbocycles. The van der Waals surface area contributed by atoms with Crippen LogP contribution in [0.2, 0.25) is 0 Å². The first-order chi connectivity index (χ1) is 15.3. The SMILES string of the molecule is CS(=O)(=O)N1CCCC(n2nc(C(=O)N3CCOCC3)c3c2-c2ccccc2S(=O)C3)C1. The maximum absolute atomic E-state index is 13.4. The van der Waals surface area contributed by atoms with Gasteiger partial charge in [0.05, 0.1) is 47.8 Å². The zero-order valence-corrected chi connectivity index (χ0v) is 19.5. The van der Waals surface area contributed by atoms with Crippen LogP contribution in [0.5, 0.6) is 0 Å². The highest BCUT2D eigenvalue weighted by molar-refractivity contribution is 7.88. The number of piperidine rings is 1. The van der Waals surface area contributed by atoms with Crippen molar-refractivity contribution in [2.24, 2.45) is 0 Å². The third kappa shape index (κ3) is 3.81. The first kappa shape index (κ1) is 21.7. The third-order valence-electron chi connectivity index (χ3n) is 6.35. The molecule has 1 amide bonds. The van der Waals surface area contributed by atoms with E-state index in [-0.39, 0.29) is 17.7 Å². The Labute approximate surface area is 189 Å². The average Bonchev–Trinajstić information content (AvgIpc) is 3.18. The van der Waals surface area contributed by atoms with E-state index in [0.717, 1.165) is 22.6 Å². The first-order valence-electron chi connectivity index (χ1n) is 10.8. The summed E-state index contributed by atoms with van der Waals surface area (Å²) in [5.41, 5.74) is 2.60. The van der Waals surface area contributed by atoms with E-state index < -0.39 is 20.8 Å². The number of nitrogens with zero attached hydrogens (tertiary/aromatic N) is 4. The fourth-order valence-corrected chi connectivity index (χ4v) is 6.97. The molecule has 172 valence electrons. The zero-order valence-electron chi connectivity index (χ0n) is 17.9. The highest BCUT2D eigenvalue weighted by atomic mass is 32.2. The molecule has 4 heterocycles. The normalized spacial score (nSPS) is 24.1. The van der Waals surface area contributed by atoms with E-state index in [1.807, 2.05) is 28.9 Å². The van der Waals surface area contributed by atoms with Crippen molar-refractivity contribution in [2.75, 3.05) is 45.6 Å². The van der Waals surface area contributed by atoms with Crippen molar-refractivity contribution in [1.82, 2.24) is 19.0 Å². The van der Waals surface area contributed by atoms with Gasteiger partial charge < -0.3 is 9.64 Å². The van der Waals surface area contributed by atoms with Crippen LogP contribution in [-0.4, -0.2) is 83.2 Å². The molecule has 0 spiro atoms. The number of hydrogen-bond acceptors (Lipinski definition) is 6. The standard InChI is InChI=1S/C21H26N4O5S2/c1-32(28,29)24-8-4-5-15(13-24)25-20-16-6-2-3-7-18(16)31(27)14-17(20)19(22-25)21(26)23-9-11-30-12-10-23/h2-3,6-7,15H,4-5,8-14H2,1H3. The van der Waals surface area contributed by atoms with Gasteiger partial charge in [-0.1, -0.05) is 18.2 Å². The van der Waals surface area contributed by atoms with E-state index in [1.165, 1.54) is 10.6 Å². The lowest BCUT2D eigenvalue weighted by atomic mass is 10.0. The molecule has 1 aromatic heterocycles. The molecule has 2 fully saturated rings. The molecule has 0 radical (unpaired) electrons. The molecule has 0 N–H and O–H groups in total. The molecule has 2 unspecified atom stereocenters. The van der Waals surface area contributed by atoms with Crippen molar-refractivity contribution < 1.29 is 22.2 Å². The van der Waals surface area contributed by atoms with E-state index in [4.69, 9.17) is 9.84 Å². The summed E-state index contributed by atoms with van der Waals surface area (Å²) in [6.07, 6.45) is 2.70. The monoisotopic (exact) mass is 478 g/mol. The van der Waals surface area contributed by atoms with E-state index >= 15 is 0 Å². The number of morpholine rings is 1. The predicted octanol–water partition coefficient (Wildman–Crippen LogP) is 1.24. The zero-order chi connectivity index (χ0) is 22.5. The highest BCUT2D eigenvalue weighted by Crippen LogP contribution is 2.40. The molecule has 2 atom stereocenters. The molecule has 2 aromatic rings. The number of amides is 1. The summed E-state index contributed by atoms with van der Waals surface area (Å²) >= 11 is 0. The molecule has 3 aliphatic heterocycles. The predicted molar refractivity (Wildman–Crippen MR) is 119 cm³/mol. The van der Waals surface area contributed by atoms with E-state index in [2.05, 4.69) is 0 Å². The fourth-order valence-electron chi connectivity index (χ4n) is 4.73. The van der Waals surface area contributed by atoms with Crippen LogP contribution in [0.15, 0.2) is 29.2 Å². The Morgan fingerprint density at radius 3 is 2.69 bits per heavy atom. The molecular weight excluding hydrogens is 452 g/mol. The van der Waals surface area contributed by atoms with Gasteiger partial charge in [-0.25, -0.2) is 12.7 Å². The van der Waals surface area contributed by atoms with Gasteiger partial charge in [-0.3, -0.25) is 13.7 Å². The van der Waals surface area contributed by atoms with Crippen molar-refractivity contribution in [3.05, 3.63) is 35.5 Å². The maximum atomic E-state index is 13.4.